The van der Waals surface area contributed by atoms with Crippen molar-refractivity contribution in [2.75, 3.05) is 5.75 Å². The van der Waals surface area contributed by atoms with E-state index in [-0.39, 0.29) is 23.5 Å². The summed E-state index contributed by atoms with van der Waals surface area (Å²) < 4.78 is 12.9. The summed E-state index contributed by atoms with van der Waals surface area (Å²) in [5.74, 6) is -0.130. The number of benzene rings is 2. The number of thioether (sulfide) groups is 1. The summed E-state index contributed by atoms with van der Waals surface area (Å²) in [5, 5.41) is 4.63. The van der Waals surface area contributed by atoms with Crippen LogP contribution >= 0.6 is 11.8 Å². The Labute approximate surface area is 143 Å². The third-order valence-corrected chi connectivity index (χ3v) is 4.60. The standard InChI is InChI=1S/C18H16FN3OS/c1-12(13-6-8-14(19)9-7-13)22-17(23)10-24-18-15-4-2-3-5-16(15)20-11-21-18/h2-9,11-12H,10H2,1H3,(H,22,23)/t12-/m1/s1. The Morgan fingerprint density at radius 1 is 1.17 bits per heavy atom. The number of hydrogen-bond acceptors (Lipinski definition) is 4. The minimum atomic E-state index is -0.288. The Balaban J connectivity index is 1.62. The Morgan fingerprint density at radius 3 is 2.71 bits per heavy atom. The molecule has 4 nitrogen and oxygen atoms in total. The highest BCUT2D eigenvalue weighted by atomic mass is 32.2. The lowest BCUT2D eigenvalue weighted by molar-refractivity contribution is -0.119. The number of nitrogens with one attached hydrogen (secondary N) is 1. The molecule has 0 fully saturated rings. The number of carbonyl (C=O) groups excluding carboxylic acids is 1. The second kappa shape index (κ2) is 7.40. The molecule has 1 atom stereocenters. The van der Waals surface area contributed by atoms with Crippen LogP contribution in [0, 0.1) is 5.82 Å². The average Bonchev–Trinajstić information content (AvgIpc) is 2.60. The van der Waals surface area contributed by atoms with Crippen molar-refractivity contribution < 1.29 is 9.18 Å². The molecule has 0 aliphatic carbocycles. The van der Waals surface area contributed by atoms with Crippen LogP contribution in [0.2, 0.25) is 0 Å². The number of hydrogen-bond donors (Lipinski definition) is 1. The van der Waals surface area contributed by atoms with Gasteiger partial charge in [-0.3, -0.25) is 4.79 Å². The van der Waals surface area contributed by atoms with Crippen molar-refractivity contribution >= 4 is 28.6 Å². The van der Waals surface area contributed by atoms with E-state index in [2.05, 4.69) is 15.3 Å². The average molecular weight is 341 g/mol. The molecule has 0 radical (unpaired) electrons. The maximum absolute atomic E-state index is 12.9. The molecule has 1 aromatic heterocycles. The van der Waals surface area contributed by atoms with Gasteiger partial charge in [0.05, 0.1) is 17.3 Å². The van der Waals surface area contributed by atoms with E-state index in [9.17, 15) is 9.18 Å². The number of carbonyl (C=O) groups is 1. The molecule has 0 saturated carbocycles. The van der Waals surface area contributed by atoms with Crippen LogP contribution in [0.5, 0.6) is 0 Å². The summed E-state index contributed by atoms with van der Waals surface area (Å²) >= 11 is 1.37. The van der Waals surface area contributed by atoms with E-state index in [1.165, 1.54) is 30.2 Å². The van der Waals surface area contributed by atoms with E-state index in [0.717, 1.165) is 21.5 Å². The van der Waals surface area contributed by atoms with Crippen molar-refractivity contribution in [3.05, 3.63) is 66.2 Å². The summed E-state index contributed by atoms with van der Waals surface area (Å²) in [6, 6.07) is 13.6. The Kier molecular flexibility index (Phi) is 5.05. The van der Waals surface area contributed by atoms with Gasteiger partial charge >= 0.3 is 0 Å². The maximum atomic E-state index is 12.9. The molecule has 122 valence electrons. The normalized spacial score (nSPS) is 12.1. The van der Waals surface area contributed by atoms with Crippen molar-refractivity contribution in [2.45, 2.75) is 18.0 Å². The summed E-state index contributed by atoms with van der Waals surface area (Å²) in [5.41, 5.74) is 1.72. The molecule has 0 saturated heterocycles. The lowest BCUT2D eigenvalue weighted by atomic mass is 10.1. The van der Waals surface area contributed by atoms with E-state index in [0.29, 0.717) is 0 Å². The second-order valence-electron chi connectivity index (χ2n) is 5.33. The van der Waals surface area contributed by atoms with Crippen molar-refractivity contribution in [1.29, 1.82) is 0 Å². The molecule has 0 aliphatic rings. The summed E-state index contributed by atoms with van der Waals surface area (Å²) in [4.78, 5) is 20.6. The third kappa shape index (κ3) is 3.89. The van der Waals surface area contributed by atoms with Gasteiger partial charge in [0, 0.05) is 5.39 Å². The molecule has 0 aliphatic heterocycles. The fourth-order valence-electron chi connectivity index (χ4n) is 2.35. The van der Waals surface area contributed by atoms with Gasteiger partial charge < -0.3 is 5.32 Å². The Hall–Kier alpha value is -2.47. The van der Waals surface area contributed by atoms with Crippen molar-refractivity contribution in [2.24, 2.45) is 0 Å². The van der Waals surface area contributed by atoms with Gasteiger partial charge in [-0.15, -0.1) is 0 Å². The van der Waals surface area contributed by atoms with Crippen LogP contribution in [0.3, 0.4) is 0 Å². The highest BCUT2D eigenvalue weighted by Crippen LogP contribution is 2.24. The minimum absolute atomic E-state index is 0.0977. The first-order valence-corrected chi connectivity index (χ1v) is 8.49. The zero-order valence-corrected chi connectivity index (χ0v) is 13.9. The van der Waals surface area contributed by atoms with Gasteiger partial charge in [-0.1, -0.05) is 42.1 Å². The quantitative estimate of drug-likeness (QED) is 0.567. The van der Waals surface area contributed by atoms with Crippen LogP contribution in [0.1, 0.15) is 18.5 Å². The molecule has 3 aromatic rings. The van der Waals surface area contributed by atoms with Crippen molar-refractivity contribution in [3.8, 4) is 0 Å². The number of halogens is 1. The van der Waals surface area contributed by atoms with E-state index in [1.807, 2.05) is 31.2 Å². The number of nitrogens with zero attached hydrogens (tertiary/aromatic N) is 2. The van der Waals surface area contributed by atoms with Gasteiger partial charge in [0.1, 0.15) is 17.2 Å². The Morgan fingerprint density at radius 2 is 1.92 bits per heavy atom. The molecule has 6 heteroatoms. The summed E-state index contributed by atoms with van der Waals surface area (Å²) in [6.07, 6.45) is 1.50. The van der Waals surface area contributed by atoms with Crippen LogP contribution in [0.25, 0.3) is 10.9 Å². The van der Waals surface area contributed by atoms with Crippen LogP contribution in [-0.4, -0.2) is 21.6 Å². The number of amides is 1. The van der Waals surface area contributed by atoms with Crippen LogP contribution in [-0.2, 0) is 4.79 Å². The molecule has 1 N–H and O–H groups in total. The summed E-state index contributed by atoms with van der Waals surface area (Å²) in [6.45, 7) is 1.87. The summed E-state index contributed by atoms with van der Waals surface area (Å²) in [7, 11) is 0. The number of fused-ring (bicyclic) bond motifs is 1. The van der Waals surface area contributed by atoms with E-state index in [4.69, 9.17) is 0 Å². The molecule has 1 amide bonds. The minimum Gasteiger partial charge on any atom is -0.349 e. The van der Waals surface area contributed by atoms with E-state index < -0.39 is 0 Å². The first-order chi connectivity index (χ1) is 11.6. The van der Waals surface area contributed by atoms with Crippen LogP contribution < -0.4 is 5.32 Å². The molecular formula is C18H16FN3OS. The zero-order valence-electron chi connectivity index (χ0n) is 13.1. The molecule has 0 bridgehead atoms. The molecule has 2 aromatic carbocycles. The number of para-hydroxylation sites is 1. The lowest BCUT2D eigenvalue weighted by Gasteiger charge is -2.14. The first-order valence-electron chi connectivity index (χ1n) is 7.51. The van der Waals surface area contributed by atoms with Crippen molar-refractivity contribution in [3.63, 3.8) is 0 Å². The van der Waals surface area contributed by atoms with Crippen molar-refractivity contribution in [1.82, 2.24) is 15.3 Å². The monoisotopic (exact) mass is 341 g/mol. The molecular weight excluding hydrogens is 325 g/mol. The Bertz CT molecular complexity index is 849. The fourth-order valence-corrected chi connectivity index (χ4v) is 3.15. The second-order valence-corrected chi connectivity index (χ2v) is 6.29. The highest BCUT2D eigenvalue weighted by molar-refractivity contribution is 8.00. The van der Waals surface area contributed by atoms with Crippen LogP contribution in [0.4, 0.5) is 4.39 Å². The molecule has 0 unspecified atom stereocenters. The fraction of sp³-hybridized carbons (Fsp3) is 0.167. The molecule has 3 rings (SSSR count). The lowest BCUT2D eigenvalue weighted by Crippen LogP contribution is -2.28. The number of rotatable bonds is 5. The number of aromatic nitrogens is 2. The van der Waals surface area contributed by atoms with Gasteiger partial charge in [0.2, 0.25) is 5.91 Å². The molecule has 24 heavy (non-hydrogen) atoms. The van der Waals surface area contributed by atoms with Crippen LogP contribution in [0.15, 0.2) is 59.9 Å². The smallest absolute Gasteiger partial charge is 0.230 e. The maximum Gasteiger partial charge on any atom is 0.230 e. The van der Waals surface area contributed by atoms with E-state index >= 15 is 0 Å². The molecule has 1 heterocycles. The van der Waals surface area contributed by atoms with Gasteiger partial charge in [-0.05, 0) is 30.7 Å². The van der Waals surface area contributed by atoms with Gasteiger partial charge in [-0.2, -0.15) is 0 Å². The third-order valence-electron chi connectivity index (χ3n) is 3.59. The SMILES string of the molecule is C[C@@H](NC(=O)CSc1ncnc2ccccc12)c1ccc(F)cc1. The zero-order chi connectivity index (χ0) is 16.9. The topological polar surface area (TPSA) is 54.9 Å². The van der Waals surface area contributed by atoms with Gasteiger partial charge in [-0.25, -0.2) is 14.4 Å². The van der Waals surface area contributed by atoms with E-state index in [1.54, 1.807) is 12.1 Å². The largest absolute Gasteiger partial charge is 0.349 e. The van der Waals surface area contributed by atoms with Gasteiger partial charge in [0.25, 0.3) is 0 Å². The van der Waals surface area contributed by atoms with Gasteiger partial charge in [0.15, 0.2) is 0 Å². The first kappa shape index (κ1) is 16.4. The molecule has 0 spiro atoms. The predicted octanol–water partition coefficient (Wildman–Crippen LogP) is 3.74. The predicted molar refractivity (Wildman–Crippen MR) is 93.2 cm³/mol. The highest BCUT2D eigenvalue weighted by Gasteiger charge is 2.11.